The normalized spacial score (nSPS) is 14.7. The van der Waals surface area contributed by atoms with E-state index in [1.54, 1.807) is 37.3 Å². The van der Waals surface area contributed by atoms with Crippen LogP contribution in [-0.4, -0.2) is 32.8 Å². The summed E-state index contributed by atoms with van der Waals surface area (Å²) in [5.41, 5.74) is 0.574. The minimum Gasteiger partial charge on any atom is -0.483 e. The average Bonchev–Trinajstić information content (AvgIpc) is 3.54. The van der Waals surface area contributed by atoms with Crippen LogP contribution in [0.25, 0.3) is 0 Å². The Morgan fingerprint density at radius 2 is 1.68 bits per heavy atom. The number of anilines is 1. The SMILES string of the molecule is Cc1cc(NC(=O)COc2ccccc2C2SC(c3ccc(F)cc3)=NN2C(=O)c2c(F)cc(F)cc2F)sn1. The third kappa shape index (κ3) is 5.84. The van der Waals surface area contributed by atoms with Crippen molar-refractivity contribution in [3.05, 3.63) is 112 Å². The zero-order chi connectivity index (χ0) is 28.4. The van der Waals surface area contributed by atoms with Crippen molar-refractivity contribution in [2.24, 2.45) is 5.10 Å². The lowest BCUT2D eigenvalue weighted by molar-refractivity contribution is -0.118. The number of thioether (sulfide) groups is 1. The van der Waals surface area contributed by atoms with Crippen LogP contribution in [0.5, 0.6) is 5.75 Å². The van der Waals surface area contributed by atoms with Crippen LogP contribution in [-0.2, 0) is 4.79 Å². The van der Waals surface area contributed by atoms with E-state index in [9.17, 15) is 27.2 Å². The minimum atomic E-state index is -1.39. The van der Waals surface area contributed by atoms with Crippen molar-refractivity contribution < 1.29 is 31.9 Å². The van der Waals surface area contributed by atoms with Gasteiger partial charge in [0.05, 0.1) is 5.69 Å². The molecule has 1 atom stereocenters. The molecule has 0 aliphatic carbocycles. The van der Waals surface area contributed by atoms with Gasteiger partial charge < -0.3 is 10.1 Å². The number of hydrogen-bond donors (Lipinski definition) is 1. The van der Waals surface area contributed by atoms with Gasteiger partial charge in [0.2, 0.25) is 0 Å². The molecule has 0 saturated heterocycles. The fourth-order valence-corrected chi connectivity index (χ4v) is 5.67. The maximum atomic E-state index is 14.6. The summed E-state index contributed by atoms with van der Waals surface area (Å²) >= 11 is 2.17. The van der Waals surface area contributed by atoms with E-state index in [1.807, 2.05) is 0 Å². The fraction of sp³-hybridized carbons (Fsp3) is 0.111. The number of hydrazone groups is 1. The predicted molar refractivity (Wildman–Crippen MR) is 143 cm³/mol. The molecule has 204 valence electrons. The number of hydrogen-bond acceptors (Lipinski definition) is 7. The molecule has 1 unspecified atom stereocenters. The molecule has 2 heterocycles. The standard InChI is InChI=1S/C27H18F4N4O3S2/c1-14-10-23(40-34-14)32-22(36)13-38-21-5-3-2-4-18(21)27-35(26(37)24-19(30)11-17(29)12-20(24)31)33-25(39-27)15-6-8-16(28)9-7-15/h2-12,27H,13H2,1H3,(H,32,36). The molecular formula is C27H18F4N4O3S2. The fourth-order valence-electron chi connectivity index (χ4n) is 3.81. The first-order valence-electron chi connectivity index (χ1n) is 11.6. The van der Waals surface area contributed by atoms with Gasteiger partial charge in [-0.3, -0.25) is 9.59 Å². The highest BCUT2D eigenvalue weighted by molar-refractivity contribution is 8.14. The number of carbonyl (C=O) groups excluding carboxylic acids is 2. The monoisotopic (exact) mass is 586 g/mol. The quantitative estimate of drug-likeness (QED) is 0.258. The van der Waals surface area contributed by atoms with E-state index in [1.165, 1.54) is 24.3 Å². The first kappa shape index (κ1) is 27.3. The van der Waals surface area contributed by atoms with Crippen molar-refractivity contribution in [3.8, 4) is 5.75 Å². The highest BCUT2D eigenvalue weighted by atomic mass is 32.2. The molecule has 5 rings (SSSR count). The zero-order valence-electron chi connectivity index (χ0n) is 20.5. The second-order valence-electron chi connectivity index (χ2n) is 8.48. The molecule has 7 nitrogen and oxygen atoms in total. The zero-order valence-corrected chi connectivity index (χ0v) is 22.2. The predicted octanol–water partition coefficient (Wildman–Crippen LogP) is 6.28. The highest BCUT2D eigenvalue weighted by Crippen LogP contribution is 2.45. The van der Waals surface area contributed by atoms with Crippen molar-refractivity contribution in [2.45, 2.75) is 12.3 Å². The molecule has 1 aliphatic heterocycles. The number of amides is 2. The Balaban J connectivity index is 1.46. The lowest BCUT2D eigenvalue weighted by Gasteiger charge is -2.23. The number of nitrogens with zero attached hydrogens (tertiary/aromatic N) is 3. The summed E-state index contributed by atoms with van der Waals surface area (Å²) in [5.74, 6) is -5.86. The summed E-state index contributed by atoms with van der Waals surface area (Å²) in [6.45, 7) is 1.41. The van der Waals surface area contributed by atoms with Crippen LogP contribution in [0, 0.1) is 30.2 Å². The second kappa shape index (κ2) is 11.5. The summed E-state index contributed by atoms with van der Waals surface area (Å²) < 4.78 is 66.1. The molecule has 0 saturated carbocycles. The van der Waals surface area contributed by atoms with Crippen LogP contribution < -0.4 is 10.1 Å². The van der Waals surface area contributed by atoms with Crippen LogP contribution in [0.1, 0.15) is 32.6 Å². The summed E-state index contributed by atoms with van der Waals surface area (Å²) in [6.07, 6.45) is 0. The van der Waals surface area contributed by atoms with Crippen LogP contribution in [0.4, 0.5) is 22.6 Å². The van der Waals surface area contributed by atoms with Crippen molar-refractivity contribution >= 4 is 45.2 Å². The molecular weight excluding hydrogens is 568 g/mol. The third-order valence-corrected chi connectivity index (χ3v) is 7.61. The van der Waals surface area contributed by atoms with Gasteiger partial charge in [0.25, 0.3) is 11.8 Å². The van der Waals surface area contributed by atoms with E-state index >= 15 is 0 Å². The summed E-state index contributed by atoms with van der Waals surface area (Å²) in [6, 6.07) is 14.3. The smallest absolute Gasteiger partial charge is 0.281 e. The number of halogens is 4. The number of ether oxygens (including phenoxy) is 1. The molecule has 2 amide bonds. The topological polar surface area (TPSA) is 83.9 Å². The Hall–Kier alpha value is -4.23. The van der Waals surface area contributed by atoms with Crippen molar-refractivity contribution in [1.29, 1.82) is 0 Å². The molecule has 0 radical (unpaired) electrons. The Kier molecular flexibility index (Phi) is 7.85. The summed E-state index contributed by atoms with van der Waals surface area (Å²) in [7, 11) is 0. The van der Waals surface area contributed by atoms with Crippen LogP contribution in [0.3, 0.4) is 0 Å². The molecule has 1 N–H and O–H groups in total. The number of para-hydroxylation sites is 1. The van der Waals surface area contributed by atoms with Gasteiger partial charge in [-0.2, -0.15) is 9.47 Å². The van der Waals surface area contributed by atoms with Crippen molar-refractivity contribution in [1.82, 2.24) is 9.38 Å². The molecule has 0 fully saturated rings. The number of rotatable bonds is 7. The van der Waals surface area contributed by atoms with Crippen molar-refractivity contribution in [2.75, 3.05) is 11.9 Å². The van der Waals surface area contributed by atoms with E-state index in [0.29, 0.717) is 28.3 Å². The number of aryl methyl sites for hydroxylation is 1. The van der Waals surface area contributed by atoms with E-state index in [4.69, 9.17) is 4.74 Å². The summed E-state index contributed by atoms with van der Waals surface area (Å²) in [5, 5.41) is 7.63. The van der Waals surface area contributed by atoms with Crippen LogP contribution in [0.15, 0.2) is 71.8 Å². The first-order chi connectivity index (χ1) is 19.2. The molecule has 0 spiro atoms. The van der Waals surface area contributed by atoms with Gasteiger partial charge in [0, 0.05) is 23.3 Å². The number of aromatic nitrogens is 1. The Morgan fingerprint density at radius 1 is 0.975 bits per heavy atom. The number of carbonyl (C=O) groups is 2. The van der Waals surface area contributed by atoms with Gasteiger partial charge in [-0.25, -0.2) is 22.6 Å². The lowest BCUT2D eigenvalue weighted by atomic mass is 10.1. The van der Waals surface area contributed by atoms with Gasteiger partial charge in [-0.15, -0.1) is 0 Å². The van der Waals surface area contributed by atoms with Gasteiger partial charge >= 0.3 is 0 Å². The molecule has 13 heteroatoms. The van der Waals surface area contributed by atoms with Crippen molar-refractivity contribution in [3.63, 3.8) is 0 Å². The number of benzene rings is 3. The molecule has 1 aliphatic rings. The Morgan fingerprint density at radius 3 is 2.35 bits per heavy atom. The largest absolute Gasteiger partial charge is 0.483 e. The Bertz CT molecular complexity index is 1610. The van der Waals surface area contributed by atoms with Crippen LogP contribution in [0.2, 0.25) is 0 Å². The maximum Gasteiger partial charge on any atom is 0.281 e. The van der Waals surface area contributed by atoms with Crippen LogP contribution >= 0.6 is 23.3 Å². The molecule has 3 aromatic carbocycles. The average molecular weight is 587 g/mol. The number of nitrogens with one attached hydrogen (secondary N) is 1. The molecule has 0 bridgehead atoms. The molecule has 1 aromatic heterocycles. The maximum absolute atomic E-state index is 14.6. The van der Waals surface area contributed by atoms with Gasteiger partial charge in [0.1, 0.15) is 50.0 Å². The van der Waals surface area contributed by atoms with E-state index < -0.39 is 46.0 Å². The van der Waals surface area contributed by atoms with Gasteiger partial charge in [0.15, 0.2) is 6.61 Å². The Labute approximate surface area is 233 Å². The van der Waals surface area contributed by atoms with E-state index in [2.05, 4.69) is 14.8 Å². The van der Waals surface area contributed by atoms with Gasteiger partial charge in [-0.1, -0.05) is 30.0 Å². The first-order valence-corrected chi connectivity index (χ1v) is 13.3. The molecule has 4 aromatic rings. The lowest BCUT2D eigenvalue weighted by Crippen LogP contribution is -2.28. The van der Waals surface area contributed by atoms with E-state index in [0.717, 1.165) is 34.0 Å². The minimum absolute atomic E-state index is 0.212. The van der Waals surface area contributed by atoms with E-state index in [-0.39, 0.29) is 17.4 Å². The third-order valence-electron chi connectivity index (χ3n) is 5.60. The van der Waals surface area contributed by atoms with Gasteiger partial charge in [-0.05, 0) is 54.9 Å². The molecule has 40 heavy (non-hydrogen) atoms. The second-order valence-corrected chi connectivity index (χ2v) is 10.4. The highest BCUT2D eigenvalue weighted by Gasteiger charge is 2.38. The summed E-state index contributed by atoms with van der Waals surface area (Å²) in [4.78, 5) is 25.9.